The summed E-state index contributed by atoms with van der Waals surface area (Å²) in [5, 5.41) is 9.23. The molecule has 0 atom stereocenters. The van der Waals surface area contributed by atoms with Crippen LogP contribution >= 0.6 is 0 Å². The van der Waals surface area contributed by atoms with Crippen LogP contribution in [0.2, 0.25) is 0 Å². The maximum absolute atomic E-state index is 10.2. The molecular formula is C8H18N2O2. The van der Waals surface area contributed by atoms with Crippen molar-refractivity contribution in [3.63, 3.8) is 0 Å². The lowest BCUT2D eigenvalue weighted by molar-refractivity contribution is 0.144. The summed E-state index contributed by atoms with van der Waals surface area (Å²) in [6.07, 6.45) is 1.96. The third-order valence-electron chi connectivity index (χ3n) is 1.68. The second-order valence-corrected chi connectivity index (χ2v) is 3.37. The molecule has 0 aromatic carbocycles. The summed E-state index contributed by atoms with van der Waals surface area (Å²) in [7, 11) is 0. The molecule has 3 N–H and O–H groups in total. The number of carboxylic acid groups (broad SMARTS) is 1. The SMILES string of the molecule is CC(C)CCCCN(N)C(=O)O. The van der Waals surface area contributed by atoms with Gasteiger partial charge in [0.2, 0.25) is 0 Å². The molecule has 0 heterocycles. The van der Waals surface area contributed by atoms with Gasteiger partial charge in [-0.15, -0.1) is 0 Å². The molecule has 0 saturated carbocycles. The van der Waals surface area contributed by atoms with Gasteiger partial charge in [0, 0.05) is 6.54 Å². The second-order valence-electron chi connectivity index (χ2n) is 3.37. The Morgan fingerprint density at radius 2 is 2.08 bits per heavy atom. The fourth-order valence-electron chi connectivity index (χ4n) is 0.930. The molecule has 4 heteroatoms. The summed E-state index contributed by atoms with van der Waals surface area (Å²) in [5.41, 5.74) is 0. The van der Waals surface area contributed by atoms with E-state index >= 15 is 0 Å². The molecule has 4 nitrogen and oxygen atoms in total. The minimum absolute atomic E-state index is 0.433. The van der Waals surface area contributed by atoms with E-state index in [1.807, 2.05) is 0 Å². The Hall–Kier alpha value is -0.770. The predicted octanol–water partition coefficient (Wildman–Crippen LogP) is 1.67. The van der Waals surface area contributed by atoms with E-state index in [9.17, 15) is 4.79 Å². The Labute approximate surface area is 73.3 Å². The smallest absolute Gasteiger partial charge is 0.421 e. The number of amides is 1. The Morgan fingerprint density at radius 3 is 2.50 bits per heavy atom. The molecule has 0 unspecified atom stereocenters. The normalized spacial score (nSPS) is 10.3. The summed E-state index contributed by atoms with van der Waals surface area (Å²) in [6, 6.07) is 0. The average molecular weight is 174 g/mol. The molecule has 0 fully saturated rings. The van der Waals surface area contributed by atoms with Crippen molar-refractivity contribution in [1.82, 2.24) is 5.01 Å². The minimum Gasteiger partial charge on any atom is -0.464 e. The highest BCUT2D eigenvalue weighted by molar-refractivity contribution is 5.63. The minimum atomic E-state index is -1.06. The molecule has 72 valence electrons. The quantitative estimate of drug-likeness (QED) is 0.288. The number of hydrogen-bond acceptors (Lipinski definition) is 2. The highest BCUT2D eigenvalue weighted by Gasteiger charge is 2.04. The molecule has 12 heavy (non-hydrogen) atoms. The summed E-state index contributed by atoms with van der Waals surface area (Å²) in [5.74, 6) is 5.85. The first kappa shape index (κ1) is 11.2. The van der Waals surface area contributed by atoms with E-state index < -0.39 is 6.09 Å². The fourth-order valence-corrected chi connectivity index (χ4v) is 0.930. The maximum atomic E-state index is 10.2. The van der Waals surface area contributed by atoms with Crippen molar-refractivity contribution in [2.75, 3.05) is 6.54 Å². The molecule has 0 aromatic rings. The van der Waals surface area contributed by atoms with Crippen molar-refractivity contribution in [1.29, 1.82) is 0 Å². The van der Waals surface area contributed by atoms with Gasteiger partial charge < -0.3 is 5.11 Å². The average Bonchev–Trinajstić information content (AvgIpc) is 1.97. The van der Waals surface area contributed by atoms with Crippen molar-refractivity contribution in [3.05, 3.63) is 0 Å². The van der Waals surface area contributed by atoms with Crippen molar-refractivity contribution < 1.29 is 9.90 Å². The van der Waals surface area contributed by atoms with Crippen LogP contribution in [0.5, 0.6) is 0 Å². The van der Waals surface area contributed by atoms with Crippen molar-refractivity contribution in [2.24, 2.45) is 11.8 Å². The van der Waals surface area contributed by atoms with E-state index in [0.717, 1.165) is 24.3 Å². The predicted molar refractivity (Wildman–Crippen MR) is 47.6 cm³/mol. The molecule has 0 aliphatic carbocycles. The van der Waals surface area contributed by atoms with Crippen molar-refractivity contribution in [2.45, 2.75) is 33.1 Å². The standard InChI is InChI=1S/C8H18N2O2/c1-7(2)5-3-4-6-10(9)8(11)12/h7H,3-6,9H2,1-2H3,(H,11,12). The van der Waals surface area contributed by atoms with Gasteiger partial charge in [-0.2, -0.15) is 0 Å². The van der Waals surface area contributed by atoms with E-state index in [0.29, 0.717) is 12.5 Å². The van der Waals surface area contributed by atoms with Gasteiger partial charge in [-0.3, -0.25) is 0 Å². The third-order valence-corrected chi connectivity index (χ3v) is 1.68. The van der Waals surface area contributed by atoms with Crippen LogP contribution in [-0.4, -0.2) is 22.8 Å². The van der Waals surface area contributed by atoms with E-state index in [1.54, 1.807) is 0 Å². The van der Waals surface area contributed by atoms with Crippen LogP contribution in [0.25, 0.3) is 0 Å². The Balaban J connectivity index is 3.25. The summed E-state index contributed by atoms with van der Waals surface area (Å²) >= 11 is 0. The van der Waals surface area contributed by atoms with Crippen LogP contribution in [0.15, 0.2) is 0 Å². The van der Waals surface area contributed by atoms with Crippen LogP contribution in [-0.2, 0) is 0 Å². The Kier molecular flexibility index (Phi) is 5.45. The van der Waals surface area contributed by atoms with E-state index in [2.05, 4.69) is 13.8 Å². The Bertz CT molecular complexity index is 137. The van der Waals surface area contributed by atoms with Gasteiger partial charge in [0.15, 0.2) is 0 Å². The van der Waals surface area contributed by atoms with Crippen LogP contribution in [0, 0.1) is 5.92 Å². The molecular weight excluding hydrogens is 156 g/mol. The summed E-state index contributed by atoms with van der Waals surface area (Å²) in [6.45, 7) is 4.73. The number of carbonyl (C=O) groups is 1. The molecule has 0 rings (SSSR count). The van der Waals surface area contributed by atoms with Gasteiger partial charge in [0.1, 0.15) is 0 Å². The zero-order chi connectivity index (χ0) is 9.56. The molecule has 0 spiro atoms. The number of hydrogen-bond donors (Lipinski definition) is 2. The maximum Gasteiger partial charge on any atom is 0.421 e. The first-order valence-electron chi connectivity index (χ1n) is 4.29. The van der Waals surface area contributed by atoms with Crippen molar-refractivity contribution >= 4 is 6.09 Å². The first-order chi connectivity index (χ1) is 5.54. The van der Waals surface area contributed by atoms with Gasteiger partial charge in [-0.1, -0.05) is 26.7 Å². The zero-order valence-electron chi connectivity index (χ0n) is 7.79. The molecule has 0 aromatic heterocycles. The Morgan fingerprint density at radius 1 is 1.50 bits per heavy atom. The molecule has 0 radical (unpaired) electrons. The van der Waals surface area contributed by atoms with Gasteiger partial charge >= 0.3 is 6.09 Å². The highest BCUT2D eigenvalue weighted by Crippen LogP contribution is 2.05. The van der Waals surface area contributed by atoms with E-state index in [-0.39, 0.29) is 0 Å². The van der Waals surface area contributed by atoms with Crippen LogP contribution in [0.4, 0.5) is 4.79 Å². The lowest BCUT2D eigenvalue weighted by Gasteiger charge is -2.12. The van der Waals surface area contributed by atoms with Gasteiger partial charge in [-0.25, -0.2) is 15.6 Å². The molecule has 0 aliphatic heterocycles. The molecule has 0 aliphatic rings. The van der Waals surface area contributed by atoms with Gasteiger partial charge in [0.25, 0.3) is 0 Å². The van der Waals surface area contributed by atoms with E-state index in [1.165, 1.54) is 0 Å². The second kappa shape index (κ2) is 5.83. The lowest BCUT2D eigenvalue weighted by Crippen LogP contribution is -2.36. The highest BCUT2D eigenvalue weighted by atomic mass is 16.4. The number of rotatable bonds is 5. The van der Waals surface area contributed by atoms with Crippen LogP contribution in [0.1, 0.15) is 33.1 Å². The number of unbranched alkanes of at least 4 members (excludes halogenated alkanes) is 1. The molecule has 0 saturated heterocycles. The number of nitrogens with zero attached hydrogens (tertiary/aromatic N) is 1. The van der Waals surface area contributed by atoms with Gasteiger partial charge in [-0.05, 0) is 12.3 Å². The third kappa shape index (κ3) is 5.97. The topological polar surface area (TPSA) is 66.6 Å². The first-order valence-corrected chi connectivity index (χ1v) is 4.29. The van der Waals surface area contributed by atoms with Gasteiger partial charge in [0.05, 0.1) is 0 Å². The summed E-state index contributed by atoms with van der Waals surface area (Å²) in [4.78, 5) is 10.2. The fraction of sp³-hybridized carbons (Fsp3) is 0.875. The van der Waals surface area contributed by atoms with Crippen LogP contribution in [0.3, 0.4) is 0 Å². The largest absolute Gasteiger partial charge is 0.464 e. The summed E-state index contributed by atoms with van der Waals surface area (Å²) < 4.78 is 0. The number of hydrazine groups is 1. The van der Waals surface area contributed by atoms with E-state index in [4.69, 9.17) is 10.9 Å². The monoisotopic (exact) mass is 174 g/mol. The van der Waals surface area contributed by atoms with Crippen molar-refractivity contribution in [3.8, 4) is 0 Å². The van der Waals surface area contributed by atoms with Crippen LogP contribution < -0.4 is 5.84 Å². The zero-order valence-corrected chi connectivity index (χ0v) is 7.79. The molecule has 1 amide bonds. The number of nitrogens with two attached hydrogens (primary N) is 1. The lowest BCUT2D eigenvalue weighted by atomic mass is 10.1. The molecule has 0 bridgehead atoms.